The van der Waals surface area contributed by atoms with Gasteiger partial charge in [0.25, 0.3) is 5.56 Å². The van der Waals surface area contributed by atoms with Crippen molar-refractivity contribution in [3.05, 3.63) is 69.5 Å². The molecule has 1 heterocycles. The summed E-state index contributed by atoms with van der Waals surface area (Å²) in [6.07, 6.45) is 1.27. The number of halogens is 2. The molecule has 3 aromatic rings. The van der Waals surface area contributed by atoms with E-state index in [0.29, 0.717) is 16.2 Å². The molecule has 0 unspecified atom stereocenters. The lowest BCUT2D eigenvalue weighted by Crippen LogP contribution is -2.28. The number of hydrogen-bond donors (Lipinski definition) is 1. The molecule has 7 heteroatoms. The summed E-state index contributed by atoms with van der Waals surface area (Å²) in [6.45, 7) is 1.60. The Morgan fingerprint density at radius 2 is 2.08 bits per heavy atom. The Balaban J connectivity index is 1.87. The molecule has 0 saturated carbocycles. The second-order valence-electron chi connectivity index (χ2n) is 5.35. The lowest BCUT2D eigenvalue weighted by Gasteiger charge is -2.10. The van der Waals surface area contributed by atoms with Gasteiger partial charge in [0.15, 0.2) is 0 Å². The summed E-state index contributed by atoms with van der Waals surface area (Å²) in [5.74, 6) is -0.932. The fourth-order valence-corrected chi connectivity index (χ4v) is 2.49. The highest BCUT2D eigenvalue weighted by Crippen LogP contribution is 2.20. The molecule has 0 fully saturated rings. The number of aromatic nitrogens is 2. The van der Waals surface area contributed by atoms with Crippen LogP contribution in [0.25, 0.3) is 10.9 Å². The average molecular weight is 346 g/mol. The minimum absolute atomic E-state index is 0.129. The van der Waals surface area contributed by atoms with Gasteiger partial charge >= 0.3 is 0 Å². The van der Waals surface area contributed by atoms with Crippen LogP contribution >= 0.6 is 11.6 Å². The Labute approximate surface area is 141 Å². The second-order valence-corrected chi connectivity index (χ2v) is 5.78. The van der Waals surface area contributed by atoms with Crippen LogP contribution in [0.4, 0.5) is 10.1 Å². The number of carbonyl (C=O) groups is 1. The predicted octanol–water partition coefficient (Wildman–Crippen LogP) is 3.14. The predicted molar refractivity (Wildman–Crippen MR) is 90.8 cm³/mol. The summed E-state index contributed by atoms with van der Waals surface area (Å²) in [5, 5.41) is 3.33. The van der Waals surface area contributed by atoms with E-state index in [1.807, 2.05) is 6.92 Å². The van der Waals surface area contributed by atoms with Crippen LogP contribution in [0.1, 0.15) is 5.56 Å². The summed E-state index contributed by atoms with van der Waals surface area (Å²) in [6, 6.07) is 8.90. The smallest absolute Gasteiger partial charge is 0.261 e. The van der Waals surface area contributed by atoms with Crippen molar-refractivity contribution in [1.29, 1.82) is 0 Å². The monoisotopic (exact) mass is 345 g/mol. The molecule has 0 aliphatic rings. The Morgan fingerprint density at radius 3 is 2.88 bits per heavy atom. The third-order valence-corrected chi connectivity index (χ3v) is 3.81. The number of aryl methyl sites for hydroxylation is 1. The van der Waals surface area contributed by atoms with Crippen molar-refractivity contribution in [2.24, 2.45) is 0 Å². The molecule has 3 rings (SSSR count). The standard InChI is InChI=1S/C17H13ClFN3O2/c1-10-2-3-11(18)6-15(10)21-16(23)8-22-9-20-14-5-4-12(19)7-13(14)17(22)24/h2-7,9H,8H2,1H3,(H,21,23). The zero-order chi connectivity index (χ0) is 17.3. The summed E-state index contributed by atoms with van der Waals surface area (Å²) in [4.78, 5) is 28.6. The Hall–Kier alpha value is -2.73. The van der Waals surface area contributed by atoms with Crippen LogP contribution in [0.2, 0.25) is 5.02 Å². The molecule has 5 nitrogen and oxygen atoms in total. The molecule has 0 bridgehead atoms. The number of hydrogen-bond acceptors (Lipinski definition) is 3. The van der Waals surface area contributed by atoms with Crippen LogP contribution < -0.4 is 10.9 Å². The largest absolute Gasteiger partial charge is 0.324 e. The molecule has 1 aromatic heterocycles. The number of carbonyl (C=O) groups excluding carboxylic acids is 1. The normalized spacial score (nSPS) is 10.8. The van der Waals surface area contributed by atoms with E-state index in [2.05, 4.69) is 10.3 Å². The van der Waals surface area contributed by atoms with Crippen molar-refractivity contribution in [1.82, 2.24) is 9.55 Å². The van der Waals surface area contributed by atoms with E-state index >= 15 is 0 Å². The number of fused-ring (bicyclic) bond motifs is 1. The molecule has 0 aliphatic heterocycles. The number of nitrogens with one attached hydrogen (secondary N) is 1. The van der Waals surface area contributed by atoms with Crippen molar-refractivity contribution in [2.75, 3.05) is 5.32 Å². The minimum atomic E-state index is -0.529. The zero-order valence-corrected chi connectivity index (χ0v) is 13.5. The first-order chi connectivity index (χ1) is 11.4. The van der Waals surface area contributed by atoms with Crippen LogP contribution in [-0.4, -0.2) is 15.5 Å². The maximum atomic E-state index is 13.3. The van der Waals surface area contributed by atoms with Crippen LogP contribution in [0, 0.1) is 12.7 Å². The Kier molecular flexibility index (Phi) is 4.31. The first kappa shape index (κ1) is 16.1. The van der Waals surface area contributed by atoms with Crippen molar-refractivity contribution in [2.45, 2.75) is 13.5 Å². The lowest BCUT2D eigenvalue weighted by atomic mass is 10.2. The van der Waals surface area contributed by atoms with Gasteiger partial charge in [0.2, 0.25) is 5.91 Å². The molecule has 0 saturated heterocycles. The molecule has 0 radical (unpaired) electrons. The van der Waals surface area contributed by atoms with Crippen molar-refractivity contribution in [3.63, 3.8) is 0 Å². The third kappa shape index (κ3) is 3.28. The van der Waals surface area contributed by atoms with E-state index in [1.165, 1.54) is 18.5 Å². The third-order valence-electron chi connectivity index (χ3n) is 3.57. The molecule has 0 spiro atoms. The molecule has 1 amide bonds. The van der Waals surface area contributed by atoms with Crippen LogP contribution in [0.15, 0.2) is 47.5 Å². The van der Waals surface area contributed by atoms with Gasteiger partial charge in [-0.2, -0.15) is 0 Å². The van der Waals surface area contributed by atoms with Gasteiger partial charge in [-0.05, 0) is 42.8 Å². The summed E-state index contributed by atoms with van der Waals surface area (Å²) in [5.41, 5.74) is 1.32. The highest BCUT2D eigenvalue weighted by atomic mass is 35.5. The first-order valence-electron chi connectivity index (χ1n) is 7.15. The molecular formula is C17H13ClFN3O2. The first-order valence-corrected chi connectivity index (χ1v) is 7.52. The van der Waals surface area contributed by atoms with E-state index in [1.54, 1.807) is 18.2 Å². The van der Waals surface area contributed by atoms with Gasteiger partial charge in [-0.1, -0.05) is 17.7 Å². The highest BCUT2D eigenvalue weighted by Gasteiger charge is 2.10. The van der Waals surface area contributed by atoms with E-state index < -0.39 is 17.3 Å². The van der Waals surface area contributed by atoms with Gasteiger partial charge < -0.3 is 5.32 Å². The van der Waals surface area contributed by atoms with Gasteiger partial charge in [-0.15, -0.1) is 0 Å². The number of rotatable bonds is 3. The van der Waals surface area contributed by atoms with E-state index in [4.69, 9.17) is 11.6 Å². The molecule has 122 valence electrons. The topological polar surface area (TPSA) is 64.0 Å². The summed E-state index contributed by atoms with van der Waals surface area (Å²) >= 11 is 5.91. The van der Waals surface area contributed by atoms with Crippen molar-refractivity contribution < 1.29 is 9.18 Å². The summed E-state index contributed by atoms with van der Waals surface area (Å²) in [7, 11) is 0. The molecule has 0 atom stereocenters. The second kappa shape index (κ2) is 6.41. The van der Waals surface area contributed by atoms with Crippen molar-refractivity contribution in [3.8, 4) is 0 Å². The summed E-state index contributed by atoms with van der Waals surface area (Å²) < 4.78 is 14.4. The van der Waals surface area contributed by atoms with E-state index in [-0.39, 0.29) is 11.9 Å². The Morgan fingerprint density at radius 1 is 1.29 bits per heavy atom. The maximum absolute atomic E-state index is 13.3. The van der Waals surface area contributed by atoms with Gasteiger partial charge in [0, 0.05) is 10.7 Å². The van der Waals surface area contributed by atoms with E-state index in [9.17, 15) is 14.0 Å². The molecule has 1 N–H and O–H groups in total. The van der Waals surface area contributed by atoms with Crippen molar-refractivity contribution >= 4 is 34.1 Å². The molecule has 24 heavy (non-hydrogen) atoms. The number of nitrogens with zero attached hydrogens (tertiary/aromatic N) is 2. The highest BCUT2D eigenvalue weighted by molar-refractivity contribution is 6.31. The minimum Gasteiger partial charge on any atom is -0.324 e. The number of benzene rings is 2. The molecular weight excluding hydrogens is 333 g/mol. The van der Waals surface area contributed by atoms with Gasteiger partial charge in [-0.25, -0.2) is 9.37 Å². The van der Waals surface area contributed by atoms with Gasteiger partial charge in [0.1, 0.15) is 12.4 Å². The Bertz CT molecular complexity index is 1000. The average Bonchev–Trinajstić information content (AvgIpc) is 2.54. The van der Waals surface area contributed by atoms with Crippen LogP contribution in [0.5, 0.6) is 0 Å². The quantitative estimate of drug-likeness (QED) is 0.793. The van der Waals surface area contributed by atoms with Crippen LogP contribution in [-0.2, 0) is 11.3 Å². The van der Waals surface area contributed by atoms with Crippen LogP contribution in [0.3, 0.4) is 0 Å². The fraction of sp³-hybridized carbons (Fsp3) is 0.118. The van der Waals surface area contributed by atoms with Gasteiger partial charge in [-0.3, -0.25) is 14.2 Å². The zero-order valence-electron chi connectivity index (χ0n) is 12.7. The van der Waals surface area contributed by atoms with Gasteiger partial charge in [0.05, 0.1) is 17.2 Å². The number of amides is 1. The molecule has 0 aliphatic carbocycles. The fourth-order valence-electron chi connectivity index (χ4n) is 2.32. The maximum Gasteiger partial charge on any atom is 0.261 e. The molecule has 2 aromatic carbocycles. The number of anilines is 1. The SMILES string of the molecule is Cc1ccc(Cl)cc1NC(=O)Cn1cnc2ccc(F)cc2c1=O. The lowest BCUT2D eigenvalue weighted by molar-refractivity contribution is -0.116. The van der Waals surface area contributed by atoms with E-state index in [0.717, 1.165) is 16.2 Å².